The summed E-state index contributed by atoms with van der Waals surface area (Å²) in [6.45, 7) is 1.80. The number of amides is 1. The Kier molecular flexibility index (Phi) is 7.61. The molecule has 1 amide bonds. The molecule has 112 valence electrons. The van der Waals surface area contributed by atoms with Gasteiger partial charge in [-0.05, 0) is 24.3 Å². The fourth-order valence-electron chi connectivity index (χ4n) is 1.37. The Balaban J connectivity index is 2.19. The molecule has 1 N–H and O–H groups in total. The number of carbonyl (C=O) groups excluding carboxylic acids is 1. The number of carbonyl (C=O) groups is 1. The van der Waals surface area contributed by atoms with E-state index in [-0.39, 0.29) is 24.0 Å². The van der Waals surface area contributed by atoms with E-state index in [2.05, 4.69) is 21.2 Å². The van der Waals surface area contributed by atoms with Gasteiger partial charge in [0.2, 0.25) is 5.91 Å². The van der Waals surface area contributed by atoms with Gasteiger partial charge in [-0.15, -0.1) is 11.8 Å². The summed E-state index contributed by atoms with van der Waals surface area (Å²) in [6, 6.07) is 7.89. The fourth-order valence-corrected chi connectivity index (χ4v) is 3.19. The van der Waals surface area contributed by atoms with E-state index in [1.54, 1.807) is 18.7 Å². The lowest BCUT2D eigenvalue weighted by atomic mass is 10.4. The van der Waals surface area contributed by atoms with Crippen LogP contribution >= 0.6 is 27.7 Å². The number of rotatable bonds is 8. The molecule has 0 unspecified atom stereocenters. The predicted molar refractivity (Wildman–Crippen MR) is 86.8 cm³/mol. The van der Waals surface area contributed by atoms with Crippen LogP contribution in [0.4, 0.5) is 0 Å². The highest BCUT2D eigenvalue weighted by Crippen LogP contribution is 2.20. The summed E-state index contributed by atoms with van der Waals surface area (Å²) >= 11 is 4.97. The molecule has 0 bridgehead atoms. The van der Waals surface area contributed by atoms with Gasteiger partial charge in [0.15, 0.2) is 9.84 Å². The number of thioether (sulfide) groups is 1. The lowest BCUT2D eigenvalue weighted by Gasteiger charge is -2.05. The first-order chi connectivity index (χ1) is 9.43. The molecule has 20 heavy (non-hydrogen) atoms. The molecule has 0 aromatic heterocycles. The molecule has 0 aliphatic rings. The van der Waals surface area contributed by atoms with E-state index >= 15 is 0 Å². The van der Waals surface area contributed by atoms with E-state index in [1.807, 2.05) is 24.3 Å². The molecule has 0 heterocycles. The van der Waals surface area contributed by atoms with Gasteiger partial charge in [-0.2, -0.15) is 0 Å². The van der Waals surface area contributed by atoms with Crippen LogP contribution in [0.2, 0.25) is 0 Å². The molecular weight excluding hydrogens is 362 g/mol. The summed E-state index contributed by atoms with van der Waals surface area (Å²) < 4.78 is 23.5. The summed E-state index contributed by atoms with van der Waals surface area (Å²) in [5.41, 5.74) is 0. The second-order valence-electron chi connectivity index (χ2n) is 4.14. The normalized spacial score (nSPS) is 11.3. The second-order valence-corrected chi connectivity index (χ2v) is 8.70. The van der Waals surface area contributed by atoms with Crippen molar-refractivity contribution in [2.45, 2.75) is 18.2 Å². The molecule has 0 radical (unpaired) electrons. The molecular formula is C13H18BrNO3S2. The van der Waals surface area contributed by atoms with E-state index in [0.29, 0.717) is 12.2 Å². The Morgan fingerprint density at radius 3 is 2.55 bits per heavy atom. The summed E-state index contributed by atoms with van der Waals surface area (Å²) in [4.78, 5) is 12.6. The van der Waals surface area contributed by atoms with Crippen LogP contribution in [0.3, 0.4) is 0 Å². The number of nitrogens with one attached hydrogen (secondary N) is 1. The first-order valence-corrected chi connectivity index (χ1v) is 9.88. The maximum absolute atomic E-state index is 11.5. The van der Waals surface area contributed by atoms with Crippen molar-refractivity contribution in [2.24, 2.45) is 0 Å². The lowest BCUT2D eigenvalue weighted by Crippen LogP contribution is -2.29. The standard InChI is InChI=1S/C13H18BrNO3S2/c1-2-20(17,18)10-8-15-13(16)7-9-19-12-5-3-11(14)4-6-12/h3-6H,2,7-10H2,1H3,(H,15,16). The van der Waals surface area contributed by atoms with Gasteiger partial charge in [0, 0.05) is 33.8 Å². The minimum atomic E-state index is -3.01. The van der Waals surface area contributed by atoms with E-state index in [1.165, 1.54) is 0 Å². The number of halogens is 1. The lowest BCUT2D eigenvalue weighted by molar-refractivity contribution is -0.120. The van der Waals surface area contributed by atoms with Crippen LogP contribution in [0.5, 0.6) is 0 Å². The molecule has 0 atom stereocenters. The highest BCUT2D eigenvalue weighted by Gasteiger charge is 2.08. The Morgan fingerprint density at radius 1 is 1.30 bits per heavy atom. The number of hydrogen-bond acceptors (Lipinski definition) is 4. The van der Waals surface area contributed by atoms with E-state index in [9.17, 15) is 13.2 Å². The number of benzene rings is 1. The SMILES string of the molecule is CCS(=O)(=O)CCNC(=O)CCSc1ccc(Br)cc1. The van der Waals surface area contributed by atoms with Crippen LogP contribution in [-0.4, -0.2) is 38.1 Å². The first-order valence-electron chi connectivity index (χ1n) is 6.28. The zero-order chi connectivity index (χ0) is 15.0. The second kappa shape index (κ2) is 8.69. The van der Waals surface area contributed by atoms with Gasteiger partial charge in [-0.1, -0.05) is 22.9 Å². The van der Waals surface area contributed by atoms with Crippen molar-refractivity contribution in [1.29, 1.82) is 0 Å². The number of sulfone groups is 1. The van der Waals surface area contributed by atoms with Gasteiger partial charge >= 0.3 is 0 Å². The Morgan fingerprint density at radius 2 is 1.95 bits per heavy atom. The minimum Gasteiger partial charge on any atom is -0.355 e. The summed E-state index contributed by atoms with van der Waals surface area (Å²) in [5.74, 6) is 0.687. The van der Waals surface area contributed by atoms with Crippen LogP contribution in [0, 0.1) is 0 Å². The van der Waals surface area contributed by atoms with Gasteiger partial charge in [-0.25, -0.2) is 8.42 Å². The molecule has 0 saturated heterocycles. The van der Waals surface area contributed by atoms with Gasteiger partial charge < -0.3 is 5.32 Å². The quantitative estimate of drug-likeness (QED) is 0.704. The zero-order valence-electron chi connectivity index (χ0n) is 11.3. The van der Waals surface area contributed by atoms with Crippen molar-refractivity contribution in [3.05, 3.63) is 28.7 Å². The molecule has 0 spiro atoms. The maximum atomic E-state index is 11.5. The van der Waals surface area contributed by atoms with Crippen molar-refractivity contribution < 1.29 is 13.2 Å². The third-order valence-electron chi connectivity index (χ3n) is 2.59. The number of hydrogen-bond donors (Lipinski definition) is 1. The average molecular weight is 380 g/mol. The van der Waals surface area contributed by atoms with Crippen LogP contribution in [0.25, 0.3) is 0 Å². The van der Waals surface area contributed by atoms with E-state index in [4.69, 9.17) is 0 Å². The topological polar surface area (TPSA) is 63.2 Å². The van der Waals surface area contributed by atoms with Gasteiger partial charge in [0.05, 0.1) is 5.75 Å². The van der Waals surface area contributed by atoms with Gasteiger partial charge in [0.1, 0.15) is 0 Å². The van der Waals surface area contributed by atoms with E-state index in [0.717, 1.165) is 9.37 Å². The third-order valence-corrected chi connectivity index (χ3v) is 5.83. The summed E-state index contributed by atoms with van der Waals surface area (Å²) in [5, 5.41) is 2.63. The van der Waals surface area contributed by atoms with Crippen molar-refractivity contribution >= 4 is 43.4 Å². The third kappa shape index (κ3) is 7.31. The van der Waals surface area contributed by atoms with Crippen LogP contribution in [0.15, 0.2) is 33.6 Å². The molecule has 4 nitrogen and oxygen atoms in total. The monoisotopic (exact) mass is 379 g/mol. The predicted octanol–water partition coefficient (Wildman–Crippen LogP) is 2.48. The average Bonchev–Trinajstić information content (AvgIpc) is 2.41. The Hall–Kier alpha value is -0.530. The van der Waals surface area contributed by atoms with Crippen molar-refractivity contribution in [3.63, 3.8) is 0 Å². The highest BCUT2D eigenvalue weighted by molar-refractivity contribution is 9.10. The van der Waals surface area contributed by atoms with Crippen molar-refractivity contribution in [1.82, 2.24) is 5.32 Å². The van der Waals surface area contributed by atoms with Crippen LogP contribution in [0.1, 0.15) is 13.3 Å². The molecule has 7 heteroatoms. The van der Waals surface area contributed by atoms with E-state index < -0.39 is 9.84 Å². The Labute approximate surface area is 132 Å². The zero-order valence-corrected chi connectivity index (χ0v) is 14.5. The molecule has 0 aliphatic heterocycles. The molecule has 1 aromatic carbocycles. The van der Waals surface area contributed by atoms with Crippen molar-refractivity contribution in [3.8, 4) is 0 Å². The maximum Gasteiger partial charge on any atom is 0.220 e. The summed E-state index contributed by atoms with van der Waals surface area (Å²) in [6.07, 6.45) is 0.382. The molecule has 0 aliphatic carbocycles. The van der Waals surface area contributed by atoms with Gasteiger partial charge in [-0.3, -0.25) is 4.79 Å². The highest BCUT2D eigenvalue weighted by atomic mass is 79.9. The summed E-state index contributed by atoms with van der Waals surface area (Å²) in [7, 11) is -3.01. The molecule has 0 saturated carbocycles. The largest absolute Gasteiger partial charge is 0.355 e. The molecule has 0 fully saturated rings. The van der Waals surface area contributed by atoms with Crippen molar-refractivity contribution in [2.75, 3.05) is 23.8 Å². The fraction of sp³-hybridized carbons (Fsp3) is 0.462. The first kappa shape index (κ1) is 17.5. The smallest absolute Gasteiger partial charge is 0.220 e. The van der Waals surface area contributed by atoms with Gasteiger partial charge in [0.25, 0.3) is 0 Å². The Bertz CT molecular complexity index is 529. The molecule has 1 rings (SSSR count). The van der Waals surface area contributed by atoms with Crippen LogP contribution in [-0.2, 0) is 14.6 Å². The minimum absolute atomic E-state index is 0.00902. The van der Waals surface area contributed by atoms with Crippen LogP contribution < -0.4 is 5.32 Å². The molecule has 1 aromatic rings.